The summed E-state index contributed by atoms with van der Waals surface area (Å²) in [5.41, 5.74) is 0.706. The number of carbonyl (C=O) groups is 1. The molecule has 1 aromatic carbocycles. The second kappa shape index (κ2) is 6.95. The van der Waals surface area contributed by atoms with Crippen LogP contribution in [0.2, 0.25) is 0 Å². The highest BCUT2D eigenvalue weighted by Gasteiger charge is 2.25. The topological polar surface area (TPSA) is 49.8 Å². The minimum Gasteiger partial charge on any atom is -0.462 e. The number of benzene rings is 1. The smallest absolute Gasteiger partial charge is 0.348 e. The minimum absolute atomic E-state index is 0.258. The first kappa shape index (κ1) is 16.4. The molecule has 1 fully saturated rings. The van der Waals surface area contributed by atoms with Crippen LogP contribution in [-0.2, 0) is 11.3 Å². The molecule has 23 heavy (non-hydrogen) atoms. The van der Waals surface area contributed by atoms with E-state index in [9.17, 15) is 14.3 Å². The zero-order valence-electron chi connectivity index (χ0n) is 13.0. The molecule has 0 aliphatic carbocycles. The predicted molar refractivity (Wildman–Crippen MR) is 88.3 cm³/mol. The summed E-state index contributed by atoms with van der Waals surface area (Å²) >= 11 is 1.28. The molecule has 2 aromatic rings. The molecule has 0 bridgehead atoms. The number of thiophene rings is 1. The van der Waals surface area contributed by atoms with E-state index in [1.165, 1.54) is 17.4 Å². The van der Waals surface area contributed by atoms with Gasteiger partial charge in [-0.15, -0.1) is 11.3 Å². The maximum atomic E-state index is 14.3. The Morgan fingerprint density at radius 2 is 2.17 bits per heavy atom. The molecule has 2 heterocycles. The van der Waals surface area contributed by atoms with Crippen LogP contribution in [0.5, 0.6) is 0 Å². The SMILES string of the molecule is CCOC(=O)c1sc2cccc(F)c2c1CN1CCC(O)CC1. The largest absolute Gasteiger partial charge is 0.462 e. The van der Waals surface area contributed by atoms with E-state index in [0.29, 0.717) is 41.8 Å². The van der Waals surface area contributed by atoms with Crippen LogP contribution in [0.4, 0.5) is 4.39 Å². The van der Waals surface area contributed by atoms with Gasteiger partial charge in [0.25, 0.3) is 0 Å². The predicted octanol–water partition coefficient (Wildman–Crippen LogP) is 3.17. The summed E-state index contributed by atoms with van der Waals surface area (Å²) in [6.07, 6.45) is 1.16. The highest BCUT2D eigenvalue weighted by Crippen LogP contribution is 2.35. The fourth-order valence-electron chi connectivity index (χ4n) is 2.98. The number of esters is 1. The van der Waals surface area contributed by atoms with Gasteiger partial charge in [-0.2, -0.15) is 0 Å². The number of aliphatic hydroxyl groups is 1. The standard InChI is InChI=1S/C17H20FNO3S/c1-2-22-17(21)16-12(10-19-8-6-11(20)7-9-19)15-13(18)4-3-5-14(15)23-16/h3-5,11,20H,2,6-10H2,1H3. The average molecular weight is 337 g/mol. The van der Waals surface area contributed by atoms with E-state index in [1.807, 2.05) is 6.07 Å². The lowest BCUT2D eigenvalue weighted by Gasteiger charge is -2.29. The first-order chi connectivity index (χ1) is 11.1. The summed E-state index contributed by atoms with van der Waals surface area (Å²) in [6.45, 7) is 4.05. The van der Waals surface area contributed by atoms with Crippen LogP contribution in [0.3, 0.4) is 0 Å². The molecular formula is C17H20FNO3S. The van der Waals surface area contributed by atoms with E-state index in [2.05, 4.69) is 4.90 Å². The van der Waals surface area contributed by atoms with Gasteiger partial charge >= 0.3 is 5.97 Å². The highest BCUT2D eigenvalue weighted by molar-refractivity contribution is 7.21. The molecule has 0 unspecified atom stereocenters. The van der Waals surface area contributed by atoms with Gasteiger partial charge in [0, 0.05) is 35.3 Å². The Bertz CT molecular complexity index is 707. The van der Waals surface area contributed by atoms with Crippen molar-refractivity contribution in [3.05, 3.63) is 34.5 Å². The average Bonchev–Trinajstić information content (AvgIpc) is 2.90. The highest BCUT2D eigenvalue weighted by atomic mass is 32.1. The monoisotopic (exact) mass is 337 g/mol. The van der Waals surface area contributed by atoms with Gasteiger partial charge in [0.05, 0.1) is 12.7 Å². The van der Waals surface area contributed by atoms with Crippen molar-refractivity contribution in [3.8, 4) is 0 Å². The number of halogens is 1. The Morgan fingerprint density at radius 3 is 2.87 bits per heavy atom. The molecule has 1 N–H and O–H groups in total. The second-order valence-corrected chi connectivity index (χ2v) is 6.80. The fraction of sp³-hybridized carbons (Fsp3) is 0.471. The summed E-state index contributed by atoms with van der Waals surface area (Å²) < 4.78 is 20.2. The van der Waals surface area contributed by atoms with Crippen molar-refractivity contribution in [2.24, 2.45) is 0 Å². The third-order valence-corrected chi connectivity index (χ3v) is 5.34. The molecule has 0 amide bonds. The zero-order valence-corrected chi connectivity index (χ0v) is 13.9. The van der Waals surface area contributed by atoms with Gasteiger partial charge in [-0.3, -0.25) is 4.90 Å². The van der Waals surface area contributed by atoms with Crippen molar-refractivity contribution in [1.29, 1.82) is 0 Å². The van der Waals surface area contributed by atoms with Crippen LogP contribution >= 0.6 is 11.3 Å². The molecule has 0 spiro atoms. The fourth-order valence-corrected chi connectivity index (χ4v) is 4.10. The number of hydrogen-bond donors (Lipinski definition) is 1. The van der Waals surface area contributed by atoms with Crippen LogP contribution < -0.4 is 0 Å². The lowest BCUT2D eigenvalue weighted by atomic mass is 10.1. The summed E-state index contributed by atoms with van der Waals surface area (Å²) in [5.74, 6) is -0.693. The first-order valence-electron chi connectivity index (χ1n) is 7.87. The van der Waals surface area contributed by atoms with Gasteiger partial charge in [0.15, 0.2) is 0 Å². The van der Waals surface area contributed by atoms with Gasteiger partial charge in [-0.1, -0.05) is 6.07 Å². The van der Waals surface area contributed by atoms with E-state index in [1.54, 1.807) is 13.0 Å². The van der Waals surface area contributed by atoms with Crippen LogP contribution in [0, 0.1) is 5.82 Å². The van der Waals surface area contributed by atoms with Crippen LogP contribution in [0.25, 0.3) is 10.1 Å². The molecule has 0 saturated carbocycles. The molecule has 0 atom stereocenters. The van der Waals surface area contributed by atoms with E-state index >= 15 is 0 Å². The normalized spacial score (nSPS) is 16.8. The molecule has 1 aromatic heterocycles. The molecule has 3 rings (SSSR count). The Hall–Kier alpha value is -1.50. The van der Waals surface area contributed by atoms with Gasteiger partial charge in [-0.25, -0.2) is 9.18 Å². The number of carbonyl (C=O) groups excluding carboxylic acids is 1. The minimum atomic E-state index is -0.389. The van der Waals surface area contributed by atoms with Gasteiger partial charge in [-0.05, 0) is 31.9 Å². The number of likely N-dealkylation sites (tertiary alicyclic amines) is 1. The maximum Gasteiger partial charge on any atom is 0.348 e. The van der Waals surface area contributed by atoms with Crippen molar-refractivity contribution < 1.29 is 19.0 Å². The Kier molecular flexibility index (Phi) is 4.94. The molecule has 1 saturated heterocycles. The van der Waals surface area contributed by atoms with Gasteiger partial charge in [0.2, 0.25) is 0 Å². The molecule has 0 radical (unpaired) electrons. The summed E-state index contributed by atoms with van der Waals surface area (Å²) in [5, 5.41) is 10.1. The van der Waals surface area contributed by atoms with Crippen LogP contribution in [0.1, 0.15) is 35.0 Å². The summed E-state index contributed by atoms with van der Waals surface area (Å²) in [7, 11) is 0. The molecule has 1 aliphatic heterocycles. The first-order valence-corrected chi connectivity index (χ1v) is 8.69. The van der Waals surface area contributed by atoms with Crippen molar-refractivity contribution in [3.63, 3.8) is 0 Å². The number of rotatable bonds is 4. The van der Waals surface area contributed by atoms with Crippen molar-refractivity contribution in [2.45, 2.75) is 32.4 Å². The Morgan fingerprint density at radius 1 is 1.43 bits per heavy atom. The van der Waals surface area contributed by atoms with E-state index in [4.69, 9.17) is 4.74 Å². The summed E-state index contributed by atoms with van der Waals surface area (Å²) in [4.78, 5) is 14.9. The Labute approximate surface area is 138 Å². The van der Waals surface area contributed by atoms with E-state index < -0.39 is 0 Å². The summed E-state index contributed by atoms with van der Waals surface area (Å²) in [6, 6.07) is 4.91. The molecular weight excluding hydrogens is 317 g/mol. The lowest BCUT2D eigenvalue weighted by Crippen LogP contribution is -2.35. The number of aliphatic hydroxyl groups excluding tert-OH is 1. The third kappa shape index (κ3) is 3.39. The Balaban J connectivity index is 1.98. The second-order valence-electron chi connectivity index (χ2n) is 5.75. The number of piperidine rings is 1. The quantitative estimate of drug-likeness (QED) is 0.871. The van der Waals surface area contributed by atoms with Gasteiger partial charge < -0.3 is 9.84 Å². The third-order valence-electron chi connectivity index (χ3n) is 4.16. The van der Waals surface area contributed by atoms with Crippen LogP contribution in [-0.4, -0.2) is 41.8 Å². The van der Waals surface area contributed by atoms with Crippen molar-refractivity contribution in [2.75, 3.05) is 19.7 Å². The lowest BCUT2D eigenvalue weighted by molar-refractivity contribution is 0.0526. The van der Waals surface area contributed by atoms with Crippen molar-refractivity contribution >= 4 is 27.4 Å². The van der Waals surface area contributed by atoms with Crippen LogP contribution in [0.15, 0.2) is 18.2 Å². The molecule has 1 aliphatic rings. The van der Waals surface area contributed by atoms with E-state index in [0.717, 1.165) is 17.8 Å². The zero-order chi connectivity index (χ0) is 16.4. The number of nitrogens with zero attached hydrogens (tertiary/aromatic N) is 1. The molecule has 6 heteroatoms. The maximum absolute atomic E-state index is 14.3. The number of fused-ring (bicyclic) bond motifs is 1. The number of ether oxygens (including phenoxy) is 1. The molecule has 4 nitrogen and oxygen atoms in total. The number of hydrogen-bond acceptors (Lipinski definition) is 5. The van der Waals surface area contributed by atoms with Gasteiger partial charge in [0.1, 0.15) is 10.7 Å². The van der Waals surface area contributed by atoms with E-state index in [-0.39, 0.29) is 17.9 Å². The van der Waals surface area contributed by atoms with Crippen molar-refractivity contribution in [1.82, 2.24) is 4.90 Å². The molecule has 124 valence electrons.